The summed E-state index contributed by atoms with van der Waals surface area (Å²) in [4.78, 5) is 31.5. The molecule has 6 nitrogen and oxygen atoms in total. The van der Waals surface area contributed by atoms with E-state index in [2.05, 4.69) is 29.1 Å². The van der Waals surface area contributed by atoms with E-state index in [-0.39, 0.29) is 5.69 Å². The van der Waals surface area contributed by atoms with Crippen molar-refractivity contribution in [3.8, 4) is 0 Å². The topological polar surface area (TPSA) is 81.2 Å². The summed E-state index contributed by atoms with van der Waals surface area (Å²) in [6.45, 7) is 5.70. The number of rotatable bonds is 5. The fraction of sp³-hybridized carbons (Fsp3) is 0.294. The molecule has 23 heavy (non-hydrogen) atoms. The molecule has 0 saturated heterocycles. The summed E-state index contributed by atoms with van der Waals surface area (Å²) in [5.41, 5.74) is 1.90. The standard InChI is InChI=1S/C17H19N3O3/c1-11(2)13-4-6-14(7-5-13)20-16(21)12(3)23-17(22)15-10-18-8-9-19-15/h4-12H,1-3H3,(H,20,21)/t12-/m0/s1. The Hall–Kier alpha value is -2.76. The first kappa shape index (κ1) is 16.6. The number of carbonyl (C=O) groups excluding carboxylic acids is 2. The van der Waals surface area contributed by atoms with Gasteiger partial charge < -0.3 is 10.1 Å². The van der Waals surface area contributed by atoms with Crippen molar-refractivity contribution in [3.63, 3.8) is 0 Å². The van der Waals surface area contributed by atoms with Gasteiger partial charge in [0.15, 0.2) is 11.8 Å². The average molecular weight is 313 g/mol. The molecule has 2 aromatic rings. The third kappa shape index (κ3) is 4.60. The summed E-state index contributed by atoms with van der Waals surface area (Å²) in [6, 6.07) is 7.56. The highest BCUT2D eigenvalue weighted by atomic mass is 16.5. The number of hydrogen-bond donors (Lipinski definition) is 1. The van der Waals surface area contributed by atoms with Gasteiger partial charge in [-0.2, -0.15) is 0 Å². The lowest BCUT2D eigenvalue weighted by molar-refractivity contribution is -0.123. The molecule has 1 N–H and O–H groups in total. The summed E-state index contributed by atoms with van der Waals surface area (Å²) in [6.07, 6.45) is 3.19. The molecular weight excluding hydrogens is 294 g/mol. The van der Waals surface area contributed by atoms with Crippen molar-refractivity contribution < 1.29 is 14.3 Å². The molecule has 0 aliphatic heterocycles. The number of nitrogens with zero attached hydrogens (tertiary/aromatic N) is 2. The molecule has 1 heterocycles. The molecule has 1 aromatic carbocycles. The van der Waals surface area contributed by atoms with Crippen LogP contribution < -0.4 is 5.32 Å². The van der Waals surface area contributed by atoms with Gasteiger partial charge in [0.05, 0.1) is 6.20 Å². The first-order chi connectivity index (χ1) is 11.0. The second-order valence-electron chi connectivity index (χ2n) is 5.40. The Morgan fingerprint density at radius 1 is 1.09 bits per heavy atom. The Balaban J connectivity index is 1.93. The van der Waals surface area contributed by atoms with E-state index < -0.39 is 18.0 Å². The molecule has 0 unspecified atom stereocenters. The van der Waals surface area contributed by atoms with Crippen molar-refractivity contribution >= 4 is 17.6 Å². The summed E-state index contributed by atoms with van der Waals surface area (Å²) >= 11 is 0. The molecular formula is C17H19N3O3. The summed E-state index contributed by atoms with van der Waals surface area (Å²) in [5.74, 6) is -0.665. The number of nitrogens with one attached hydrogen (secondary N) is 1. The molecule has 1 amide bonds. The minimum absolute atomic E-state index is 0.0634. The molecule has 0 aliphatic rings. The van der Waals surface area contributed by atoms with E-state index in [0.29, 0.717) is 11.6 Å². The highest BCUT2D eigenvalue weighted by Gasteiger charge is 2.19. The van der Waals surface area contributed by atoms with Crippen molar-refractivity contribution in [1.82, 2.24) is 9.97 Å². The molecule has 2 rings (SSSR count). The minimum Gasteiger partial charge on any atom is -0.448 e. The molecule has 120 valence electrons. The van der Waals surface area contributed by atoms with E-state index in [0.717, 1.165) is 0 Å². The van der Waals surface area contributed by atoms with Crippen molar-refractivity contribution in [2.45, 2.75) is 32.8 Å². The third-order valence-electron chi connectivity index (χ3n) is 3.27. The van der Waals surface area contributed by atoms with Gasteiger partial charge in [0.25, 0.3) is 5.91 Å². The quantitative estimate of drug-likeness (QED) is 0.858. The first-order valence-corrected chi connectivity index (χ1v) is 7.35. The van der Waals surface area contributed by atoms with Crippen LogP contribution in [0.2, 0.25) is 0 Å². The lowest BCUT2D eigenvalue weighted by atomic mass is 10.0. The van der Waals surface area contributed by atoms with Gasteiger partial charge in [0, 0.05) is 18.1 Å². The van der Waals surface area contributed by atoms with Crippen LogP contribution in [0.5, 0.6) is 0 Å². The van der Waals surface area contributed by atoms with Gasteiger partial charge in [-0.25, -0.2) is 9.78 Å². The highest BCUT2D eigenvalue weighted by Crippen LogP contribution is 2.17. The fourth-order valence-corrected chi connectivity index (χ4v) is 1.87. The average Bonchev–Trinajstić information content (AvgIpc) is 2.56. The molecule has 0 bridgehead atoms. The van der Waals surface area contributed by atoms with E-state index in [1.807, 2.05) is 24.3 Å². The zero-order valence-corrected chi connectivity index (χ0v) is 13.3. The largest absolute Gasteiger partial charge is 0.448 e. The number of anilines is 1. The van der Waals surface area contributed by atoms with Crippen LogP contribution in [0.4, 0.5) is 5.69 Å². The van der Waals surface area contributed by atoms with Gasteiger partial charge >= 0.3 is 5.97 Å². The summed E-state index contributed by atoms with van der Waals surface area (Å²) in [5, 5.41) is 2.71. The smallest absolute Gasteiger partial charge is 0.359 e. The van der Waals surface area contributed by atoms with Crippen molar-refractivity contribution in [2.75, 3.05) is 5.32 Å². The normalized spacial score (nSPS) is 11.8. The number of hydrogen-bond acceptors (Lipinski definition) is 5. The van der Waals surface area contributed by atoms with Crippen LogP contribution in [0.1, 0.15) is 42.7 Å². The van der Waals surface area contributed by atoms with E-state index in [4.69, 9.17) is 4.74 Å². The molecule has 1 atom stereocenters. The Bertz CT molecular complexity index is 669. The van der Waals surface area contributed by atoms with Crippen LogP contribution in [-0.4, -0.2) is 27.9 Å². The number of esters is 1. The number of aromatic nitrogens is 2. The highest BCUT2D eigenvalue weighted by molar-refractivity contribution is 5.96. The van der Waals surface area contributed by atoms with Gasteiger partial charge in [-0.15, -0.1) is 0 Å². The number of carbonyl (C=O) groups is 2. The van der Waals surface area contributed by atoms with E-state index in [1.54, 1.807) is 0 Å². The molecule has 0 saturated carbocycles. The fourth-order valence-electron chi connectivity index (χ4n) is 1.87. The lowest BCUT2D eigenvalue weighted by Gasteiger charge is -2.13. The van der Waals surface area contributed by atoms with Crippen LogP contribution in [0, 0.1) is 0 Å². The zero-order valence-electron chi connectivity index (χ0n) is 13.3. The predicted octanol–water partition coefficient (Wildman–Crippen LogP) is 2.78. The third-order valence-corrected chi connectivity index (χ3v) is 3.27. The maximum absolute atomic E-state index is 12.1. The lowest BCUT2D eigenvalue weighted by Crippen LogP contribution is -2.30. The summed E-state index contributed by atoms with van der Waals surface area (Å²) in [7, 11) is 0. The number of ether oxygens (including phenoxy) is 1. The first-order valence-electron chi connectivity index (χ1n) is 7.35. The number of amides is 1. The van der Waals surface area contributed by atoms with Gasteiger partial charge in [0.1, 0.15) is 0 Å². The molecule has 0 fully saturated rings. The van der Waals surface area contributed by atoms with Crippen molar-refractivity contribution in [1.29, 1.82) is 0 Å². The van der Waals surface area contributed by atoms with Gasteiger partial charge in [-0.1, -0.05) is 26.0 Å². The van der Waals surface area contributed by atoms with Crippen molar-refractivity contribution in [2.24, 2.45) is 0 Å². The summed E-state index contributed by atoms with van der Waals surface area (Å²) < 4.78 is 5.08. The monoisotopic (exact) mass is 313 g/mol. The number of benzene rings is 1. The molecule has 6 heteroatoms. The maximum atomic E-state index is 12.1. The SMILES string of the molecule is CC(C)c1ccc(NC(=O)[C@H](C)OC(=O)c2cnccn2)cc1. The Kier molecular flexibility index (Phi) is 5.41. The van der Waals surface area contributed by atoms with Gasteiger partial charge in [-0.05, 0) is 30.5 Å². The molecule has 0 aliphatic carbocycles. The van der Waals surface area contributed by atoms with Crippen LogP contribution >= 0.6 is 0 Å². The van der Waals surface area contributed by atoms with E-state index in [1.165, 1.54) is 31.1 Å². The second kappa shape index (κ2) is 7.49. The molecule has 0 radical (unpaired) electrons. The van der Waals surface area contributed by atoms with Crippen LogP contribution in [-0.2, 0) is 9.53 Å². The molecule has 1 aromatic heterocycles. The van der Waals surface area contributed by atoms with Gasteiger partial charge in [0.2, 0.25) is 0 Å². The van der Waals surface area contributed by atoms with Crippen LogP contribution in [0.15, 0.2) is 42.9 Å². The van der Waals surface area contributed by atoms with Crippen LogP contribution in [0.25, 0.3) is 0 Å². The van der Waals surface area contributed by atoms with E-state index in [9.17, 15) is 9.59 Å². The Morgan fingerprint density at radius 2 is 1.78 bits per heavy atom. The van der Waals surface area contributed by atoms with E-state index >= 15 is 0 Å². The van der Waals surface area contributed by atoms with Crippen LogP contribution in [0.3, 0.4) is 0 Å². The zero-order chi connectivity index (χ0) is 16.8. The predicted molar refractivity (Wildman–Crippen MR) is 86.1 cm³/mol. The minimum atomic E-state index is -0.936. The molecule has 0 spiro atoms. The second-order valence-corrected chi connectivity index (χ2v) is 5.40. The Labute approximate surface area is 134 Å². The maximum Gasteiger partial charge on any atom is 0.359 e. The Morgan fingerprint density at radius 3 is 2.35 bits per heavy atom. The van der Waals surface area contributed by atoms with Gasteiger partial charge in [-0.3, -0.25) is 9.78 Å². The van der Waals surface area contributed by atoms with Crippen molar-refractivity contribution in [3.05, 3.63) is 54.1 Å².